The standard InChI is InChI=1S/C23H23N5OS/c1-5-16-6-8-17(9-7-16)21-20-13(2)14(3)30-23(20)28-15(4)26-27-22(28)18(25-21)12-19-24-10-11-29-19/h6-11,18H,5,12H2,1-4H3. The van der Waals surface area contributed by atoms with E-state index in [2.05, 4.69) is 64.8 Å². The molecule has 0 spiro atoms. The van der Waals surface area contributed by atoms with Crippen LogP contribution in [0, 0.1) is 20.8 Å². The van der Waals surface area contributed by atoms with E-state index in [1.165, 1.54) is 21.6 Å². The smallest absolute Gasteiger partial charge is 0.196 e. The van der Waals surface area contributed by atoms with Crippen molar-refractivity contribution in [3.05, 3.63) is 81.4 Å². The molecule has 0 saturated heterocycles. The number of nitrogens with zero attached hydrogens (tertiary/aromatic N) is 5. The predicted octanol–water partition coefficient (Wildman–Crippen LogP) is 4.94. The maximum atomic E-state index is 5.54. The second-order valence-corrected chi connectivity index (χ2v) is 8.78. The van der Waals surface area contributed by atoms with E-state index in [-0.39, 0.29) is 6.04 Å². The second kappa shape index (κ2) is 7.32. The van der Waals surface area contributed by atoms with Crippen LogP contribution in [0.25, 0.3) is 5.00 Å². The van der Waals surface area contributed by atoms with Crippen LogP contribution in [0.2, 0.25) is 0 Å². The zero-order valence-corrected chi connectivity index (χ0v) is 18.3. The average Bonchev–Trinajstić information content (AvgIpc) is 3.44. The highest BCUT2D eigenvalue weighted by molar-refractivity contribution is 7.15. The fourth-order valence-corrected chi connectivity index (χ4v) is 5.16. The lowest BCUT2D eigenvalue weighted by Gasteiger charge is -2.11. The van der Waals surface area contributed by atoms with Crippen molar-refractivity contribution in [2.75, 3.05) is 0 Å². The number of hydrogen-bond donors (Lipinski definition) is 0. The summed E-state index contributed by atoms with van der Waals surface area (Å²) in [6.45, 7) is 8.50. The Kier molecular flexibility index (Phi) is 4.62. The molecule has 6 nitrogen and oxygen atoms in total. The van der Waals surface area contributed by atoms with Gasteiger partial charge in [0.2, 0.25) is 0 Å². The largest absolute Gasteiger partial charge is 0.449 e. The third-order valence-electron chi connectivity index (χ3n) is 5.73. The number of hydrogen-bond acceptors (Lipinski definition) is 6. The molecule has 4 heterocycles. The van der Waals surface area contributed by atoms with Crippen LogP contribution in [0.4, 0.5) is 0 Å². The Labute approximate surface area is 179 Å². The molecule has 0 amide bonds. The quantitative estimate of drug-likeness (QED) is 0.472. The van der Waals surface area contributed by atoms with Gasteiger partial charge >= 0.3 is 0 Å². The van der Waals surface area contributed by atoms with Crippen molar-refractivity contribution in [3.63, 3.8) is 0 Å². The van der Waals surface area contributed by atoms with E-state index in [0.717, 1.165) is 34.3 Å². The first-order valence-electron chi connectivity index (χ1n) is 10.1. The van der Waals surface area contributed by atoms with Gasteiger partial charge in [-0.15, -0.1) is 21.5 Å². The van der Waals surface area contributed by atoms with Gasteiger partial charge in [0.05, 0.1) is 18.3 Å². The first-order chi connectivity index (χ1) is 14.6. The van der Waals surface area contributed by atoms with Crippen molar-refractivity contribution in [2.45, 2.75) is 46.6 Å². The van der Waals surface area contributed by atoms with Gasteiger partial charge in [-0.3, -0.25) is 9.56 Å². The lowest BCUT2D eigenvalue weighted by atomic mass is 9.98. The Morgan fingerprint density at radius 2 is 1.90 bits per heavy atom. The van der Waals surface area contributed by atoms with Crippen molar-refractivity contribution >= 4 is 17.0 Å². The van der Waals surface area contributed by atoms with Crippen LogP contribution in [0.1, 0.15) is 57.6 Å². The molecule has 0 saturated carbocycles. The molecule has 0 fully saturated rings. The summed E-state index contributed by atoms with van der Waals surface area (Å²) in [6.07, 6.45) is 4.82. The van der Waals surface area contributed by atoms with Crippen molar-refractivity contribution in [2.24, 2.45) is 4.99 Å². The highest BCUT2D eigenvalue weighted by Gasteiger charge is 2.32. The van der Waals surface area contributed by atoms with Crippen molar-refractivity contribution in [3.8, 4) is 5.00 Å². The van der Waals surface area contributed by atoms with Gasteiger partial charge in [0.1, 0.15) is 23.1 Å². The minimum Gasteiger partial charge on any atom is -0.449 e. The Bertz CT molecular complexity index is 1230. The predicted molar refractivity (Wildman–Crippen MR) is 118 cm³/mol. The SMILES string of the molecule is CCc1ccc(C2=NC(Cc3ncco3)c3nnc(C)n3-c3sc(C)c(C)c32)cc1. The van der Waals surface area contributed by atoms with E-state index in [4.69, 9.17) is 9.41 Å². The minimum absolute atomic E-state index is 0.231. The van der Waals surface area contributed by atoms with E-state index in [1.54, 1.807) is 23.8 Å². The molecule has 30 heavy (non-hydrogen) atoms. The Hall–Kier alpha value is -3.06. The molecule has 0 N–H and O–H groups in total. The van der Waals surface area contributed by atoms with E-state index in [0.29, 0.717) is 12.3 Å². The van der Waals surface area contributed by atoms with Crippen LogP contribution in [-0.2, 0) is 12.8 Å². The molecule has 7 heteroatoms. The van der Waals surface area contributed by atoms with Gasteiger partial charge in [0, 0.05) is 16.0 Å². The molecule has 1 aliphatic heterocycles. The number of rotatable bonds is 4. The van der Waals surface area contributed by atoms with Crippen LogP contribution in [0.3, 0.4) is 0 Å². The van der Waals surface area contributed by atoms with Crippen LogP contribution in [0.5, 0.6) is 0 Å². The molecule has 152 valence electrons. The summed E-state index contributed by atoms with van der Waals surface area (Å²) >= 11 is 1.77. The molecule has 0 radical (unpaired) electrons. The topological polar surface area (TPSA) is 69.1 Å². The van der Waals surface area contributed by atoms with Gasteiger partial charge < -0.3 is 4.42 Å². The minimum atomic E-state index is -0.231. The highest BCUT2D eigenvalue weighted by atomic mass is 32.1. The number of aryl methyl sites for hydroxylation is 3. The molecular formula is C23H23N5OS. The number of fused-ring (bicyclic) bond motifs is 3. The monoisotopic (exact) mass is 417 g/mol. The Balaban J connectivity index is 1.75. The Morgan fingerprint density at radius 1 is 1.10 bits per heavy atom. The number of thiophene rings is 1. The molecular weight excluding hydrogens is 394 g/mol. The van der Waals surface area contributed by atoms with Crippen LogP contribution < -0.4 is 0 Å². The normalized spacial score (nSPS) is 15.5. The maximum absolute atomic E-state index is 5.54. The molecule has 1 atom stereocenters. The summed E-state index contributed by atoms with van der Waals surface area (Å²) in [4.78, 5) is 10.8. The first kappa shape index (κ1) is 18.9. The lowest BCUT2D eigenvalue weighted by molar-refractivity contribution is 0.467. The summed E-state index contributed by atoms with van der Waals surface area (Å²) in [5.74, 6) is 2.34. The van der Waals surface area contributed by atoms with Gasteiger partial charge in [-0.25, -0.2) is 4.98 Å². The molecule has 5 rings (SSSR count). The van der Waals surface area contributed by atoms with Crippen LogP contribution >= 0.6 is 11.3 Å². The zero-order chi connectivity index (χ0) is 20.8. The van der Waals surface area contributed by atoms with Crippen molar-refractivity contribution < 1.29 is 4.42 Å². The van der Waals surface area contributed by atoms with E-state index < -0.39 is 0 Å². The third-order valence-corrected chi connectivity index (χ3v) is 6.92. The van der Waals surface area contributed by atoms with Crippen LogP contribution in [0.15, 0.2) is 46.1 Å². The maximum Gasteiger partial charge on any atom is 0.196 e. The van der Waals surface area contributed by atoms with Gasteiger partial charge in [0.25, 0.3) is 0 Å². The zero-order valence-electron chi connectivity index (χ0n) is 17.5. The van der Waals surface area contributed by atoms with Crippen molar-refractivity contribution in [1.82, 2.24) is 19.7 Å². The lowest BCUT2D eigenvalue weighted by Crippen LogP contribution is -2.09. The molecule has 0 bridgehead atoms. The van der Waals surface area contributed by atoms with Gasteiger partial charge in [-0.05, 0) is 38.3 Å². The van der Waals surface area contributed by atoms with E-state index >= 15 is 0 Å². The number of aliphatic imine (C=N–C) groups is 1. The molecule has 3 aromatic heterocycles. The molecule has 4 aromatic rings. The number of aromatic nitrogens is 4. The first-order valence-corrected chi connectivity index (χ1v) is 11.0. The number of oxazole rings is 1. The van der Waals surface area contributed by atoms with Gasteiger partial charge in [-0.1, -0.05) is 31.2 Å². The fraction of sp³-hybridized carbons (Fsp3) is 0.304. The summed E-state index contributed by atoms with van der Waals surface area (Å²) in [6, 6.07) is 8.49. The third kappa shape index (κ3) is 3.01. The van der Waals surface area contributed by atoms with Gasteiger partial charge in [0.15, 0.2) is 11.7 Å². The molecule has 1 aliphatic rings. The summed E-state index contributed by atoms with van der Waals surface area (Å²) in [5.41, 5.74) is 5.85. The number of benzene rings is 1. The molecule has 1 aromatic carbocycles. The van der Waals surface area contributed by atoms with E-state index in [1.807, 2.05) is 6.92 Å². The summed E-state index contributed by atoms with van der Waals surface area (Å²) < 4.78 is 7.69. The second-order valence-electron chi connectivity index (χ2n) is 7.58. The van der Waals surface area contributed by atoms with Crippen LogP contribution in [-0.4, -0.2) is 25.5 Å². The average molecular weight is 418 g/mol. The summed E-state index contributed by atoms with van der Waals surface area (Å²) in [7, 11) is 0. The van der Waals surface area contributed by atoms with Crippen molar-refractivity contribution in [1.29, 1.82) is 0 Å². The Morgan fingerprint density at radius 3 is 2.60 bits per heavy atom. The fourth-order valence-electron chi connectivity index (χ4n) is 3.94. The highest BCUT2D eigenvalue weighted by Crippen LogP contribution is 2.39. The van der Waals surface area contributed by atoms with E-state index in [9.17, 15) is 0 Å². The summed E-state index contributed by atoms with van der Waals surface area (Å²) in [5, 5.41) is 10.0. The molecule has 0 aliphatic carbocycles. The molecule has 1 unspecified atom stereocenters. The van der Waals surface area contributed by atoms with Gasteiger partial charge in [-0.2, -0.15) is 0 Å².